The lowest BCUT2D eigenvalue weighted by Crippen LogP contribution is -2.54. The Kier molecular flexibility index (Phi) is 19.3. The van der Waals surface area contributed by atoms with E-state index in [2.05, 4.69) is 95.3 Å². The first-order valence-corrected chi connectivity index (χ1v) is 34.0. The Morgan fingerprint density at radius 2 is 0.691 bits per heavy atom. The highest BCUT2D eigenvalue weighted by molar-refractivity contribution is 6.27. The summed E-state index contributed by atoms with van der Waals surface area (Å²) >= 11 is 0. The van der Waals surface area contributed by atoms with Crippen molar-refractivity contribution in [3.8, 4) is 49.4 Å². The molecule has 12 aliphatic rings. The predicted octanol–water partition coefficient (Wildman–Crippen LogP) is 3.95. The fourth-order valence-corrected chi connectivity index (χ4v) is 13.6. The highest BCUT2D eigenvalue weighted by atomic mass is 19.3. The molecule has 4 fully saturated rings. The molecule has 14 amide bonds. The summed E-state index contributed by atoms with van der Waals surface area (Å²) in [6.07, 6.45) is 22.3. The third-order valence-corrected chi connectivity index (χ3v) is 19.9. The van der Waals surface area contributed by atoms with Crippen molar-refractivity contribution in [1.82, 2.24) is 40.9 Å². The number of anilines is 4. The summed E-state index contributed by atoms with van der Waals surface area (Å²) in [4.78, 5) is 175. The topological polar surface area (TPSA) is 447 Å². The van der Waals surface area contributed by atoms with Gasteiger partial charge < -0.3 is 31.1 Å². The first-order valence-electron chi connectivity index (χ1n) is 34.0. The van der Waals surface area contributed by atoms with Gasteiger partial charge in [-0.2, -0.15) is 38.0 Å². The van der Waals surface area contributed by atoms with Crippen LogP contribution in [0.1, 0.15) is 137 Å². The van der Waals surface area contributed by atoms with Crippen LogP contribution in [0.15, 0.2) is 114 Å². The Balaban J connectivity index is 0.000000129. The number of nitrogens with one attached hydrogen (secondary N) is 8. The third-order valence-electron chi connectivity index (χ3n) is 19.9. The Bertz CT molecular complexity index is 5080. The lowest BCUT2D eigenvalue weighted by molar-refractivity contribution is -0.138. The Morgan fingerprint density at radius 1 is 0.391 bits per heavy atom. The number of nitrogens with zero attached hydrogens (tertiary/aromatic N) is 12. The average molecular weight is 1510 g/mol. The van der Waals surface area contributed by atoms with Crippen LogP contribution in [-0.2, 0) is 51.4 Å². The molecule has 38 heteroatoms. The lowest BCUT2D eigenvalue weighted by Gasteiger charge is -2.29. The van der Waals surface area contributed by atoms with E-state index in [4.69, 9.17) is 25.7 Å². The number of benzene rings is 4. The molecule has 16 rings (SSSR count). The van der Waals surface area contributed by atoms with Crippen molar-refractivity contribution in [2.24, 2.45) is 40.9 Å². The zero-order valence-electron chi connectivity index (χ0n) is 57.5. The van der Waals surface area contributed by atoms with Crippen LogP contribution in [0.4, 0.5) is 40.3 Å². The molecule has 0 aromatic heterocycles. The summed E-state index contributed by atoms with van der Waals surface area (Å²) in [5.41, 5.74) is -0.823. The number of amides is 14. The monoisotopic (exact) mass is 1500 g/mol. The Morgan fingerprint density at radius 3 is 1.00 bits per heavy atom. The molecule has 0 radical (unpaired) electrons. The molecule has 0 bridgehead atoms. The summed E-state index contributed by atoms with van der Waals surface area (Å²) in [5.74, 6) is -6.32. The van der Waals surface area contributed by atoms with E-state index in [0.717, 1.165) is 21.1 Å². The van der Waals surface area contributed by atoms with Gasteiger partial charge in [0.25, 0.3) is 46.8 Å². The molecule has 4 atom stereocenters. The molecular weight excluding hydrogens is 1440 g/mol. The molecule has 0 spiro atoms. The number of imide groups is 6. The largest absolute Gasteiger partial charge is 0.380 e. The molecule has 34 nitrogen and oxygen atoms in total. The first kappa shape index (κ1) is 74.5. The van der Waals surface area contributed by atoms with Crippen molar-refractivity contribution in [3.05, 3.63) is 117 Å². The Labute approximate surface area is 619 Å². The standard InChI is InChI=1S/C18H13F2N5O4.C18H15F2N5O3.C18H15N5O4.C18H17N5O3/c1-2-17(19,20)18(23-24-18)8-21-10-5-3-4-9-13(10)16(29)25(15(9)28)11-6-7-12(26)22-14(11)27;1-2-17(19,20)18(23-24-18)9-21-12-5-3-4-10-11(12)8-25(16(10)28)13-6-7-14(26)22-15(13)27;1-2-8-18(21-22-18)9-19-11-5-3-4-10-14(11)17(27)23(16(10)26)12-6-7-13(24)20-15(12)25;1-2-8-18(21-22-18)10-19-13-5-3-4-11-12(13)9-23(17(11)26)14-6-7-15(24)20-16(14)25/h1,3-5,11,21H,6-8H2,(H,22,26,27);1,3-5,13,21H,6-9H2,(H,22,26,27);1,3-5,12,19H,6-9H2,(H,20,24,25);1,3-5,14,19H,6-10H2,(H,20,24,25). The van der Waals surface area contributed by atoms with Crippen molar-refractivity contribution < 1.29 is 84.7 Å². The van der Waals surface area contributed by atoms with Crippen LogP contribution in [0, 0.1) is 49.4 Å². The molecule has 0 saturated carbocycles. The zero-order chi connectivity index (χ0) is 78.6. The number of hydrogen-bond donors (Lipinski definition) is 8. The number of piperidine rings is 4. The minimum absolute atomic E-state index is 0.00810. The normalized spacial score (nSPS) is 22.4. The number of fused-ring (bicyclic) bond motifs is 4. The van der Waals surface area contributed by atoms with Crippen molar-refractivity contribution >= 4 is 105 Å². The van der Waals surface area contributed by atoms with Crippen molar-refractivity contribution in [3.63, 3.8) is 0 Å². The third kappa shape index (κ3) is 14.0. The summed E-state index contributed by atoms with van der Waals surface area (Å²) in [6, 6.07) is 15.9. The maximum atomic E-state index is 13.8. The van der Waals surface area contributed by atoms with E-state index < -0.39 is 124 Å². The number of carbonyl (C=O) groups excluding carboxylic acids is 14. The van der Waals surface area contributed by atoms with Gasteiger partial charge in [0.1, 0.15) is 24.2 Å². The smallest absolute Gasteiger partial charge is 0.357 e. The van der Waals surface area contributed by atoms with E-state index in [1.54, 1.807) is 42.5 Å². The highest BCUT2D eigenvalue weighted by Gasteiger charge is 2.63. The van der Waals surface area contributed by atoms with Gasteiger partial charge in [-0.25, -0.2) is 0 Å². The molecule has 4 saturated heterocycles. The van der Waals surface area contributed by atoms with Crippen molar-refractivity contribution in [1.29, 1.82) is 0 Å². The van der Waals surface area contributed by atoms with Crippen LogP contribution >= 0.6 is 0 Å². The van der Waals surface area contributed by atoms with E-state index >= 15 is 0 Å². The fourth-order valence-electron chi connectivity index (χ4n) is 13.6. The minimum atomic E-state index is -3.61. The molecule has 0 aliphatic carbocycles. The van der Waals surface area contributed by atoms with E-state index in [9.17, 15) is 84.7 Å². The molecule has 12 aliphatic heterocycles. The molecule has 12 heterocycles. The minimum Gasteiger partial charge on any atom is -0.380 e. The molecule has 4 aromatic rings. The summed E-state index contributed by atoms with van der Waals surface area (Å²) in [5, 5.41) is 50.1. The number of rotatable bonds is 20. The van der Waals surface area contributed by atoms with Crippen LogP contribution in [0.3, 0.4) is 0 Å². The maximum Gasteiger partial charge on any atom is 0.357 e. The SMILES string of the molecule is C#CC(F)(F)C1(CNc2cccc3c2C(=O)N(C2CCC(=O)NC2=O)C3=O)N=N1.C#CC(F)(F)C1(CNc2cccc3c2CN(C2CCC(=O)NC2=O)C3=O)N=N1.C#CCC1(CNc2cccc3c2C(=O)N(C2CCC(=O)NC2=O)C3=O)N=N1.C#CCC1(CNc2cccc3c2CN(C2CCC(=O)NC2=O)C3=O)N=N1. The zero-order valence-corrected chi connectivity index (χ0v) is 57.5. The lowest BCUT2D eigenvalue weighted by atomic mass is 10.0. The van der Waals surface area contributed by atoms with Gasteiger partial charge in [0.15, 0.2) is 0 Å². The molecule has 4 aromatic carbocycles. The van der Waals surface area contributed by atoms with Crippen LogP contribution in [-0.4, -0.2) is 187 Å². The summed E-state index contributed by atoms with van der Waals surface area (Å²) < 4.78 is 55.3. The number of alkyl halides is 4. The van der Waals surface area contributed by atoms with Gasteiger partial charge in [-0.15, -0.1) is 58.0 Å². The van der Waals surface area contributed by atoms with Gasteiger partial charge >= 0.3 is 11.8 Å². The van der Waals surface area contributed by atoms with E-state index in [0.29, 0.717) is 67.0 Å². The van der Waals surface area contributed by atoms with Gasteiger partial charge in [-0.3, -0.25) is 98.2 Å². The van der Waals surface area contributed by atoms with E-state index in [1.807, 2.05) is 6.07 Å². The van der Waals surface area contributed by atoms with Gasteiger partial charge in [0.2, 0.25) is 58.6 Å². The van der Waals surface area contributed by atoms with Gasteiger partial charge in [0, 0.05) is 83.8 Å². The second-order valence-electron chi connectivity index (χ2n) is 26.8. The molecule has 4 unspecified atom stereocenters. The first-order chi connectivity index (χ1) is 52.5. The Hall–Kier alpha value is -13.8. The number of hydrogen-bond acceptors (Lipinski definition) is 26. The second-order valence-corrected chi connectivity index (χ2v) is 26.8. The molecule has 560 valence electrons. The highest BCUT2D eigenvalue weighted by Crippen LogP contribution is 2.46. The van der Waals surface area contributed by atoms with Crippen molar-refractivity contribution in [2.75, 3.05) is 47.4 Å². The van der Waals surface area contributed by atoms with Crippen LogP contribution in [0.2, 0.25) is 0 Å². The van der Waals surface area contributed by atoms with Crippen LogP contribution < -0.4 is 42.5 Å². The fraction of sp³-hybridized carbons (Fsp3) is 0.361. The molecule has 110 heavy (non-hydrogen) atoms. The predicted molar refractivity (Wildman–Crippen MR) is 370 cm³/mol. The van der Waals surface area contributed by atoms with Crippen LogP contribution in [0.5, 0.6) is 0 Å². The van der Waals surface area contributed by atoms with Gasteiger partial charge in [-0.1, -0.05) is 24.3 Å². The quantitative estimate of drug-likeness (QED) is 0.0353. The molecular formula is C72H60F4N20O14. The van der Waals surface area contributed by atoms with E-state index in [1.165, 1.54) is 45.9 Å². The summed E-state index contributed by atoms with van der Waals surface area (Å²) in [7, 11) is 0. The number of carbonyl (C=O) groups is 14. The second kappa shape index (κ2) is 28.5. The maximum absolute atomic E-state index is 13.8. The van der Waals surface area contributed by atoms with Gasteiger partial charge in [-0.05, 0) is 86.1 Å². The van der Waals surface area contributed by atoms with Gasteiger partial charge in [0.05, 0.1) is 61.3 Å². The molecule has 8 N–H and O–H groups in total. The number of terminal acetylenes is 4. The van der Waals surface area contributed by atoms with Crippen molar-refractivity contribution in [2.45, 2.75) is 136 Å². The van der Waals surface area contributed by atoms with Crippen LogP contribution in [0.25, 0.3) is 0 Å². The average Bonchev–Trinajstić information content (AvgIpc) is 1.60. The van der Waals surface area contributed by atoms with E-state index in [-0.39, 0.29) is 110 Å². The number of halogens is 4. The summed E-state index contributed by atoms with van der Waals surface area (Å²) in [6.45, 7) is 0.387.